The largest absolute Gasteiger partial charge is 0.351 e. The molecule has 2 rings (SSSR count). The van der Waals surface area contributed by atoms with Crippen LogP contribution in [0.5, 0.6) is 0 Å². The van der Waals surface area contributed by atoms with Gasteiger partial charge >= 0.3 is 6.03 Å². The molecule has 2 amide bonds. The van der Waals surface area contributed by atoms with Crippen LogP contribution in [0, 0.1) is 0 Å². The summed E-state index contributed by atoms with van der Waals surface area (Å²) in [6, 6.07) is 3.90. The van der Waals surface area contributed by atoms with Gasteiger partial charge in [-0.3, -0.25) is 0 Å². The molecule has 1 aliphatic rings. The molecule has 0 atom stereocenters. The van der Waals surface area contributed by atoms with Crippen molar-refractivity contribution in [1.82, 2.24) is 0 Å². The zero-order valence-corrected chi connectivity index (χ0v) is 10.4. The number of unbranched alkanes of at least 4 members (excludes halogenated alkanes) is 1. The van der Waals surface area contributed by atoms with E-state index in [2.05, 4.69) is 24.4 Å². The van der Waals surface area contributed by atoms with E-state index >= 15 is 0 Å². The van der Waals surface area contributed by atoms with Crippen LogP contribution in [-0.4, -0.2) is 6.03 Å². The smallest absolute Gasteiger partial charge is 0.316 e. The van der Waals surface area contributed by atoms with Gasteiger partial charge in [0.1, 0.15) is 0 Å². The second-order valence-electron chi connectivity index (χ2n) is 4.68. The first kappa shape index (κ1) is 12.0. The molecule has 0 unspecified atom stereocenters. The number of hydrogen-bond acceptors (Lipinski definition) is 1. The van der Waals surface area contributed by atoms with Crippen LogP contribution in [0.1, 0.15) is 42.9 Å². The van der Waals surface area contributed by atoms with Gasteiger partial charge in [-0.25, -0.2) is 4.79 Å². The lowest BCUT2D eigenvalue weighted by Crippen LogP contribution is -2.21. The molecule has 0 aliphatic heterocycles. The summed E-state index contributed by atoms with van der Waals surface area (Å²) in [6.07, 6.45) is 6.68. The number of aryl methyl sites for hydroxylation is 2. The van der Waals surface area contributed by atoms with Crippen LogP contribution < -0.4 is 11.1 Å². The van der Waals surface area contributed by atoms with Crippen LogP contribution in [0.15, 0.2) is 12.1 Å². The molecule has 0 heterocycles. The Morgan fingerprint density at radius 2 is 2.24 bits per heavy atom. The highest BCUT2D eigenvalue weighted by atomic mass is 16.2. The molecule has 0 saturated carbocycles. The van der Waals surface area contributed by atoms with Crippen molar-refractivity contribution in [3.8, 4) is 0 Å². The normalized spacial score (nSPS) is 13.5. The average molecular weight is 232 g/mol. The third-order valence-corrected chi connectivity index (χ3v) is 3.42. The summed E-state index contributed by atoms with van der Waals surface area (Å²) >= 11 is 0. The minimum Gasteiger partial charge on any atom is -0.351 e. The zero-order valence-electron chi connectivity index (χ0n) is 10.4. The molecule has 1 aliphatic carbocycles. The van der Waals surface area contributed by atoms with E-state index in [1.54, 1.807) is 0 Å². The highest BCUT2D eigenvalue weighted by Crippen LogP contribution is 2.32. The highest BCUT2D eigenvalue weighted by molar-refractivity contribution is 5.90. The van der Waals surface area contributed by atoms with E-state index in [0.717, 1.165) is 37.8 Å². The maximum atomic E-state index is 11.1. The fourth-order valence-corrected chi connectivity index (χ4v) is 2.57. The number of nitrogens with one attached hydrogen (secondary N) is 1. The fraction of sp³-hybridized carbons (Fsp3) is 0.500. The van der Waals surface area contributed by atoms with Crippen LogP contribution in [0.25, 0.3) is 0 Å². The standard InChI is InChI=1S/C14H20N2O/c1-2-3-5-11-9-8-10-6-4-7-12(10)13(11)16-14(15)17/h8-9H,2-7H2,1H3,(H3,15,16,17). The molecule has 0 spiro atoms. The summed E-state index contributed by atoms with van der Waals surface area (Å²) in [5, 5.41) is 2.82. The first-order valence-electron chi connectivity index (χ1n) is 6.42. The minimum absolute atomic E-state index is 0.456. The summed E-state index contributed by atoms with van der Waals surface area (Å²) in [4.78, 5) is 11.1. The number of hydrogen-bond donors (Lipinski definition) is 2. The van der Waals surface area contributed by atoms with Crippen molar-refractivity contribution in [3.63, 3.8) is 0 Å². The van der Waals surface area contributed by atoms with Gasteiger partial charge in [-0.1, -0.05) is 25.5 Å². The Kier molecular flexibility index (Phi) is 3.67. The van der Waals surface area contributed by atoms with Gasteiger partial charge in [-0.05, 0) is 48.8 Å². The first-order valence-corrected chi connectivity index (χ1v) is 6.42. The van der Waals surface area contributed by atoms with Crippen molar-refractivity contribution in [3.05, 3.63) is 28.8 Å². The molecule has 1 aromatic carbocycles. The fourth-order valence-electron chi connectivity index (χ4n) is 2.57. The topological polar surface area (TPSA) is 55.1 Å². The lowest BCUT2D eigenvalue weighted by atomic mass is 9.99. The Labute approximate surface area is 102 Å². The summed E-state index contributed by atoms with van der Waals surface area (Å²) in [7, 11) is 0. The van der Waals surface area contributed by atoms with Crippen molar-refractivity contribution >= 4 is 11.7 Å². The highest BCUT2D eigenvalue weighted by Gasteiger charge is 2.18. The second kappa shape index (κ2) is 5.21. The minimum atomic E-state index is -0.456. The van der Waals surface area contributed by atoms with Crippen molar-refractivity contribution in [2.45, 2.75) is 45.4 Å². The van der Waals surface area contributed by atoms with E-state index in [1.807, 2.05) is 0 Å². The molecule has 3 heteroatoms. The van der Waals surface area contributed by atoms with Crippen LogP contribution >= 0.6 is 0 Å². The molecule has 17 heavy (non-hydrogen) atoms. The summed E-state index contributed by atoms with van der Waals surface area (Å²) in [5.41, 5.74) is 10.2. The first-order chi connectivity index (χ1) is 8.22. The summed E-state index contributed by atoms with van der Waals surface area (Å²) in [6.45, 7) is 2.18. The number of carbonyl (C=O) groups excluding carboxylic acids is 1. The molecule has 92 valence electrons. The Bertz CT molecular complexity index is 426. The van der Waals surface area contributed by atoms with Crippen LogP contribution in [0.2, 0.25) is 0 Å². The summed E-state index contributed by atoms with van der Waals surface area (Å²) in [5.74, 6) is 0. The molecule has 0 aromatic heterocycles. The maximum Gasteiger partial charge on any atom is 0.316 e. The number of anilines is 1. The molecule has 3 N–H and O–H groups in total. The number of fused-ring (bicyclic) bond motifs is 1. The molecule has 0 saturated heterocycles. The number of carbonyl (C=O) groups is 1. The van der Waals surface area contributed by atoms with Crippen LogP contribution in [-0.2, 0) is 19.3 Å². The van der Waals surface area contributed by atoms with E-state index in [9.17, 15) is 4.79 Å². The lowest BCUT2D eigenvalue weighted by molar-refractivity contribution is 0.259. The van der Waals surface area contributed by atoms with Gasteiger partial charge in [0, 0.05) is 5.69 Å². The van der Waals surface area contributed by atoms with Gasteiger partial charge in [-0.15, -0.1) is 0 Å². The van der Waals surface area contributed by atoms with E-state index in [4.69, 9.17) is 5.73 Å². The van der Waals surface area contributed by atoms with Crippen molar-refractivity contribution in [2.75, 3.05) is 5.32 Å². The van der Waals surface area contributed by atoms with E-state index in [-0.39, 0.29) is 0 Å². The van der Waals surface area contributed by atoms with Gasteiger partial charge in [0.15, 0.2) is 0 Å². The second-order valence-corrected chi connectivity index (χ2v) is 4.68. The van der Waals surface area contributed by atoms with Crippen molar-refractivity contribution in [2.24, 2.45) is 5.73 Å². The Hall–Kier alpha value is -1.51. The molecule has 0 fully saturated rings. The van der Waals surface area contributed by atoms with E-state index in [0.29, 0.717) is 0 Å². The number of urea groups is 1. The zero-order chi connectivity index (χ0) is 12.3. The molecule has 0 radical (unpaired) electrons. The predicted octanol–water partition coefficient (Wildman–Crippen LogP) is 3.01. The van der Waals surface area contributed by atoms with Gasteiger partial charge in [0.2, 0.25) is 0 Å². The number of primary amides is 1. The quantitative estimate of drug-likeness (QED) is 0.823. The SMILES string of the molecule is CCCCc1ccc2c(c1NC(N)=O)CCC2. The average Bonchev–Trinajstić information content (AvgIpc) is 2.75. The predicted molar refractivity (Wildman–Crippen MR) is 70.3 cm³/mol. The van der Waals surface area contributed by atoms with Gasteiger partial charge in [-0.2, -0.15) is 0 Å². The molecule has 0 bridgehead atoms. The molecular formula is C14H20N2O. The third kappa shape index (κ3) is 2.60. The van der Waals surface area contributed by atoms with Crippen molar-refractivity contribution in [1.29, 1.82) is 0 Å². The van der Waals surface area contributed by atoms with E-state index in [1.165, 1.54) is 23.1 Å². The number of benzene rings is 1. The lowest BCUT2D eigenvalue weighted by Gasteiger charge is -2.14. The molecule has 1 aromatic rings. The van der Waals surface area contributed by atoms with Crippen LogP contribution in [0.4, 0.5) is 10.5 Å². The van der Waals surface area contributed by atoms with Gasteiger partial charge in [0.05, 0.1) is 0 Å². The number of rotatable bonds is 4. The van der Waals surface area contributed by atoms with E-state index < -0.39 is 6.03 Å². The van der Waals surface area contributed by atoms with Crippen LogP contribution in [0.3, 0.4) is 0 Å². The Balaban J connectivity index is 2.34. The number of nitrogens with two attached hydrogens (primary N) is 1. The molecular weight excluding hydrogens is 212 g/mol. The summed E-state index contributed by atoms with van der Waals surface area (Å²) < 4.78 is 0. The monoisotopic (exact) mass is 232 g/mol. The van der Waals surface area contributed by atoms with Gasteiger partial charge in [0.25, 0.3) is 0 Å². The van der Waals surface area contributed by atoms with Gasteiger partial charge < -0.3 is 11.1 Å². The number of amides is 2. The molecule has 3 nitrogen and oxygen atoms in total. The van der Waals surface area contributed by atoms with Crippen molar-refractivity contribution < 1.29 is 4.79 Å². The maximum absolute atomic E-state index is 11.1. The Morgan fingerprint density at radius 1 is 1.41 bits per heavy atom. The third-order valence-electron chi connectivity index (χ3n) is 3.42. The Morgan fingerprint density at radius 3 is 2.94 bits per heavy atom.